The van der Waals surface area contributed by atoms with Crippen molar-refractivity contribution < 1.29 is 4.79 Å². The first kappa shape index (κ1) is 11.8. The van der Waals surface area contributed by atoms with E-state index in [9.17, 15) is 4.79 Å². The Bertz CT molecular complexity index is 335. The highest BCUT2D eigenvalue weighted by atomic mass is 16.1. The summed E-state index contributed by atoms with van der Waals surface area (Å²) in [5, 5.41) is 2.83. The fraction of sp³-hybridized carbons (Fsp3) is 0.462. The molecule has 0 bridgehead atoms. The maximum atomic E-state index is 10.4. The van der Waals surface area contributed by atoms with Crippen LogP contribution in [0.25, 0.3) is 0 Å². The maximum absolute atomic E-state index is 10.4. The molecule has 0 fully saturated rings. The van der Waals surface area contributed by atoms with Crippen molar-refractivity contribution in [3.8, 4) is 0 Å². The van der Waals surface area contributed by atoms with E-state index in [2.05, 4.69) is 37.4 Å². The summed E-state index contributed by atoms with van der Waals surface area (Å²) in [5.41, 5.74) is 3.63. The van der Waals surface area contributed by atoms with Gasteiger partial charge in [-0.1, -0.05) is 29.3 Å². The molecule has 82 valence electrons. The molecule has 0 atom stereocenters. The normalized spacial score (nSPS) is 11.2. The molecule has 0 aromatic heterocycles. The summed E-state index contributed by atoms with van der Waals surface area (Å²) < 4.78 is 0. The van der Waals surface area contributed by atoms with Gasteiger partial charge in [0, 0.05) is 5.54 Å². The van der Waals surface area contributed by atoms with E-state index in [1.54, 1.807) is 0 Å². The van der Waals surface area contributed by atoms with Crippen molar-refractivity contribution in [1.29, 1.82) is 0 Å². The summed E-state index contributed by atoms with van der Waals surface area (Å²) >= 11 is 0. The van der Waals surface area contributed by atoms with E-state index < -0.39 is 0 Å². The number of nitrogens with one attached hydrogen (secondary N) is 1. The third-order valence-electron chi connectivity index (χ3n) is 2.38. The zero-order valence-corrected chi connectivity index (χ0v) is 9.92. The molecule has 0 saturated heterocycles. The zero-order valence-electron chi connectivity index (χ0n) is 9.92. The minimum Gasteiger partial charge on any atom is -0.353 e. The minimum absolute atomic E-state index is 0.179. The molecule has 0 aliphatic heterocycles. The van der Waals surface area contributed by atoms with Gasteiger partial charge in [0.05, 0.1) is 0 Å². The second-order valence-corrected chi connectivity index (χ2v) is 4.82. The van der Waals surface area contributed by atoms with Crippen LogP contribution in [0.15, 0.2) is 18.2 Å². The summed E-state index contributed by atoms with van der Waals surface area (Å²) in [7, 11) is 0. The summed E-state index contributed by atoms with van der Waals surface area (Å²) in [6, 6.07) is 6.49. The van der Waals surface area contributed by atoms with Gasteiger partial charge in [-0.2, -0.15) is 0 Å². The van der Waals surface area contributed by atoms with Crippen molar-refractivity contribution in [2.24, 2.45) is 0 Å². The largest absolute Gasteiger partial charge is 0.353 e. The first-order valence-electron chi connectivity index (χ1n) is 5.21. The Morgan fingerprint density at radius 1 is 1.20 bits per heavy atom. The lowest BCUT2D eigenvalue weighted by atomic mass is 9.93. The van der Waals surface area contributed by atoms with Crippen LogP contribution in [0.3, 0.4) is 0 Å². The molecule has 0 heterocycles. The molecule has 1 rings (SSSR count). The van der Waals surface area contributed by atoms with Crippen LogP contribution in [-0.4, -0.2) is 11.9 Å². The molecular weight excluding hydrogens is 186 g/mol. The second kappa shape index (κ2) is 4.47. The smallest absolute Gasteiger partial charge is 0.207 e. The predicted molar refractivity (Wildman–Crippen MR) is 62.9 cm³/mol. The number of aryl methyl sites for hydroxylation is 2. The van der Waals surface area contributed by atoms with Crippen LogP contribution in [0.4, 0.5) is 0 Å². The Labute approximate surface area is 91.7 Å². The lowest BCUT2D eigenvalue weighted by Gasteiger charge is -2.24. The van der Waals surface area contributed by atoms with Crippen molar-refractivity contribution in [1.82, 2.24) is 5.32 Å². The SMILES string of the molecule is Cc1cc(C)cc(CC(C)(C)NC=O)c1. The second-order valence-electron chi connectivity index (χ2n) is 4.82. The summed E-state index contributed by atoms with van der Waals surface area (Å²) in [4.78, 5) is 10.4. The lowest BCUT2D eigenvalue weighted by Crippen LogP contribution is -2.40. The van der Waals surface area contributed by atoms with Crippen LogP contribution < -0.4 is 5.32 Å². The first-order chi connectivity index (χ1) is 6.93. The van der Waals surface area contributed by atoms with Gasteiger partial charge in [0.15, 0.2) is 0 Å². The van der Waals surface area contributed by atoms with E-state index >= 15 is 0 Å². The average Bonchev–Trinajstić information content (AvgIpc) is 1.99. The summed E-state index contributed by atoms with van der Waals surface area (Å²) in [6.45, 7) is 8.24. The molecule has 0 spiro atoms. The van der Waals surface area contributed by atoms with Crippen LogP contribution in [0.2, 0.25) is 0 Å². The molecule has 0 radical (unpaired) electrons. The van der Waals surface area contributed by atoms with Gasteiger partial charge in [-0.3, -0.25) is 4.79 Å². The van der Waals surface area contributed by atoms with Gasteiger partial charge in [0.1, 0.15) is 0 Å². The third-order valence-corrected chi connectivity index (χ3v) is 2.38. The molecule has 1 aromatic rings. The predicted octanol–water partition coefficient (Wildman–Crippen LogP) is 2.37. The average molecular weight is 205 g/mol. The van der Waals surface area contributed by atoms with E-state index in [0.717, 1.165) is 12.8 Å². The van der Waals surface area contributed by atoms with Crippen molar-refractivity contribution >= 4 is 6.41 Å². The molecule has 2 heteroatoms. The highest BCUT2D eigenvalue weighted by molar-refractivity contribution is 5.48. The molecule has 0 unspecified atom stereocenters. The van der Waals surface area contributed by atoms with E-state index in [1.165, 1.54) is 16.7 Å². The highest BCUT2D eigenvalue weighted by Gasteiger charge is 2.16. The third kappa shape index (κ3) is 3.74. The first-order valence-corrected chi connectivity index (χ1v) is 5.21. The molecule has 0 saturated carbocycles. The maximum Gasteiger partial charge on any atom is 0.207 e. The number of amides is 1. The molecule has 0 aliphatic carbocycles. The van der Waals surface area contributed by atoms with Crippen molar-refractivity contribution in [3.05, 3.63) is 34.9 Å². The van der Waals surface area contributed by atoms with Crippen LogP contribution in [0, 0.1) is 13.8 Å². The van der Waals surface area contributed by atoms with Gasteiger partial charge in [-0.25, -0.2) is 0 Å². The Morgan fingerprint density at radius 3 is 2.20 bits per heavy atom. The number of benzene rings is 1. The van der Waals surface area contributed by atoms with Gasteiger partial charge in [0.25, 0.3) is 0 Å². The van der Waals surface area contributed by atoms with E-state index in [0.29, 0.717) is 0 Å². The number of hydrogen-bond donors (Lipinski definition) is 1. The quantitative estimate of drug-likeness (QED) is 0.751. The molecular formula is C13H19NO. The Morgan fingerprint density at radius 2 is 1.73 bits per heavy atom. The van der Waals surface area contributed by atoms with Crippen molar-refractivity contribution in [2.45, 2.75) is 39.7 Å². The zero-order chi connectivity index (χ0) is 11.5. The van der Waals surface area contributed by atoms with Crippen molar-refractivity contribution in [2.75, 3.05) is 0 Å². The fourth-order valence-electron chi connectivity index (χ4n) is 1.89. The van der Waals surface area contributed by atoms with E-state index in [-0.39, 0.29) is 5.54 Å². The Hall–Kier alpha value is -1.31. The van der Waals surface area contributed by atoms with Gasteiger partial charge in [-0.15, -0.1) is 0 Å². The molecule has 1 N–H and O–H groups in total. The van der Waals surface area contributed by atoms with Gasteiger partial charge < -0.3 is 5.32 Å². The fourth-order valence-corrected chi connectivity index (χ4v) is 1.89. The van der Waals surface area contributed by atoms with Crippen LogP contribution in [0.5, 0.6) is 0 Å². The lowest BCUT2D eigenvalue weighted by molar-refractivity contribution is -0.110. The number of rotatable bonds is 4. The number of carbonyl (C=O) groups is 1. The number of carbonyl (C=O) groups excluding carboxylic acids is 1. The van der Waals surface area contributed by atoms with E-state index in [4.69, 9.17) is 0 Å². The molecule has 1 aromatic carbocycles. The molecule has 15 heavy (non-hydrogen) atoms. The van der Waals surface area contributed by atoms with Crippen LogP contribution in [-0.2, 0) is 11.2 Å². The minimum atomic E-state index is -0.179. The molecule has 0 aliphatic rings. The van der Waals surface area contributed by atoms with Crippen molar-refractivity contribution in [3.63, 3.8) is 0 Å². The van der Waals surface area contributed by atoms with Crippen LogP contribution >= 0.6 is 0 Å². The van der Waals surface area contributed by atoms with Gasteiger partial charge in [0.2, 0.25) is 6.41 Å². The number of hydrogen-bond acceptors (Lipinski definition) is 1. The Kier molecular flexibility index (Phi) is 3.51. The Balaban J connectivity index is 2.84. The van der Waals surface area contributed by atoms with Gasteiger partial charge >= 0.3 is 0 Å². The molecule has 2 nitrogen and oxygen atoms in total. The van der Waals surface area contributed by atoms with Gasteiger partial charge in [-0.05, 0) is 39.7 Å². The summed E-state index contributed by atoms with van der Waals surface area (Å²) in [6.07, 6.45) is 1.62. The van der Waals surface area contributed by atoms with E-state index in [1.807, 2.05) is 13.8 Å². The highest BCUT2D eigenvalue weighted by Crippen LogP contribution is 2.15. The molecule has 1 amide bonds. The summed E-state index contributed by atoms with van der Waals surface area (Å²) in [5.74, 6) is 0. The standard InChI is InChI=1S/C13H19NO/c1-10-5-11(2)7-12(6-10)8-13(3,4)14-9-15/h5-7,9H,8H2,1-4H3,(H,14,15). The van der Waals surface area contributed by atoms with Crippen LogP contribution in [0.1, 0.15) is 30.5 Å². The monoisotopic (exact) mass is 205 g/mol. The topological polar surface area (TPSA) is 29.1 Å².